The zero-order valence-electron chi connectivity index (χ0n) is 17.3. The van der Waals surface area contributed by atoms with E-state index in [1.165, 1.54) is 4.90 Å². The lowest BCUT2D eigenvalue weighted by Crippen LogP contribution is -2.46. The van der Waals surface area contributed by atoms with E-state index in [9.17, 15) is 14.7 Å². The maximum Gasteiger partial charge on any atom is 0.243 e. The van der Waals surface area contributed by atoms with E-state index in [-0.39, 0.29) is 31.2 Å². The van der Waals surface area contributed by atoms with Gasteiger partial charge < -0.3 is 19.8 Å². The summed E-state index contributed by atoms with van der Waals surface area (Å²) < 4.78 is 5.11. The molecule has 1 aliphatic heterocycles. The van der Waals surface area contributed by atoms with E-state index in [4.69, 9.17) is 4.52 Å². The van der Waals surface area contributed by atoms with Crippen LogP contribution in [0.2, 0.25) is 0 Å². The Kier molecular flexibility index (Phi) is 6.13. The third kappa shape index (κ3) is 5.00. The van der Waals surface area contributed by atoms with Gasteiger partial charge in [-0.05, 0) is 29.7 Å². The van der Waals surface area contributed by atoms with Crippen molar-refractivity contribution in [3.8, 4) is 11.1 Å². The van der Waals surface area contributed by atoms with E-state index in [0.717, 1.165) is 16.7 Å². The molecule has 1 unspecified atom stereocenters. The third-order valence-electron chi connectivity index (χ3n) is 5.41. The zero-order valence-corrected chi connectivity index (χ0v) is 17.3. The molecule has 2 heterocycles. The molecule has 7 heteroatoms. The fourth-order valence-electron chi connectivity index (χ4n) is 3.89. The van der Waals surface area contributed by atoms with Gasteiger partial charge in [-0.2, -0.15) is 0 Å². The van der Waals surface area contributed by atoms with Crippen LogP contribution in [0, 0.1) is 6.92 Å². The summed E-state index contributed by atoms with van der Waals surface area (Å²) >= 11 is 0. The van der Waals surface area contributed by atoms with Crippen LogP contribution >= 0.6 is 0 Å². The SMILES string of the molecule is Cc1cc(CC(=O)N2CC(O)C[C@H]2C(=O)NCc2cccc(-c3ccccc3)c2)on1. The van der Waals surface area contributed by atoms with Crippen molar-refractivity contribution in [2.75, 3.05) is 6.54 Å². The topological polar surface area (TPSA) is 95.7 Å². The molecule has 1 fully saturated rings. The summed E-state index contributed by atoms with van der Waals surface area (Å²) in [6.07, 6.45) is -0.495. The van der Waals surface area contributed by atoms with E-state index >= 15 is 0 Å². The van der Waals surface area contributed by atoms with Gasteiger partial charge in [-0.3, -0.25) is 9.59 Å². The number of carbonyl (C=O) groups is 2. The number of aliphatic hydroxyl groups excluding tert-OH is 1. The Morgan fingerprint density at radius 2 is 1.90 bits per heavy atom. The molecule has 2 atom stereocenters. The maximum atomic E-state index is 12.8. The summed E-state index contributed by atoms with van der Waals surface area (Å²) in [4.78, 5) is 27.0. The van der Waals surface area contributed by atoms with E-state index in [2.05, 4.69) is 10.5 Å². The minimum absolute atomic E-state index is 0.0104. The monoisotopic (exact) mass is 419 g/mol. The first-order valence-corrected chi connectivity index (χ1v) is 10.3. The number of nitrogens with one attached hydrogen (secondary N) is 1. The summed E-state index contributed by atoms with van der Waals surface area (Å²) in [5, 5.41) is 16.8. The van der Waals surface area contributed by atoms with Gasteiger partial charge in [-0.1, -0.05) is 53.7 Å². The quantitative estimate of drug-likeness (QED) is 0.640. The number of nitrogens with zero attached hydrogens (tertiary/aromatic N) is 2. The van der Waals surface area contributed by atoms with Crippen LogP contribution in [-0.4, -0.2) is 45.7 Å². The number of hydrogen-bond donors (Lipinski definition) is 2. The molecule has 0 aliphatic carbocycles. The van der Waals surface area contributed by atoms with Gasteiger partial charge in [0.2, 0.25) is 11.8 Å². The van der Waals surface area contributed by atoms with E-state index < -0.39 is 12.1 Å². The number of likely N-dealkylation sites (tertiary alicyclic amines) is 1. The molecule has 1 saturated heterocycles. The van der Waals surface area contributed by atoms with E-state index in [0.29, 0.717) is 18.0 Å². The molecule has 2 N–H and O–H groups in total. The highest BCUT2D eigenvalue weighted by Crippen LogP contribution is 2.22. The second-order valence-electron chi connectivity index (χ2n) is 7.85. The van der Waals surface area contributed by atoms with Crippen LogP contribution in [0.4, 0.5) is 0 Å². The molecular formula is C24H25N3O4. The molecule has 2 amide bonds. The summed E-state index contributed by atoms with van der Waals surface area (Å²) in [5.74, 6) is -0.0940. The first kappa shape index (κ1) is 20.8. The van der Waals surface area contributed by atoms with Crippen molar-refractivity contribution < 1.29 is 19.2 Å². The second kappa shape index (κ2) is 9.14. The van der Waals surface area contributed by atoms with Gasteiger partial charge in [0.15, 0.2) is 0 Å². The maximum absolute atomic E-state index is 12.8. The van der Waals surface area contributed by atoms with Gasteiger partial charge >= 0.3 is 0 Å². The number of aliphatic hydroxyl groups is 1. The molecule has 0 saturated carbocycles. The Morgan fingerprint density at radius 3 is 2.65 bits per heavy atom. The minimum Gasteiger partial charge on any atom is -0.391 e. The number of hydrogen-bond acceptors (Lipinski definition) is 5. The summed E-state index contributed by atoms with van der Waals surface area (Å²) in [7, 11) is 0. The molecule has 160 valence electrons. The zero-order chi connectivity index (χ0) is 21.8. The molecule has 31 heavy (non-hydrogen) atoms. The summed E-state index contributed by atoms with van der Waals surface area (Å²) in [5.41, 5.74) is 3.83. The van der Waals surface area contributed by atoms with Crippen LogP contribution in [-0.2, 0) is 22.6 Å². The fraction of sp³-hybridized carbons (Fsp3) is 0.292. The highest BCUT2D eigenvalue weighted by molar-refractivity contribution is 5.89. The Hall–Kier alpha value is -3.45. The Balaban J connectivity index is 1.39. The van der Waals surface area contributed by atoms with Gasteiger partial charge in [-0.25, -0.2) is 0 Å². The van der Waals surface area contributed by atoms with Crippen molar-refractivity contribution in [2.45, 2.75) is 38.5 Å². The Morgan fingerprint density at radius 1 is 1.13 bits per heavy atom. The molecule has 1 aromatic heterocycles. The lowest BCUT2D eigenvalue weighted by molar-refractivity contribution is -0.138. The smallest absolute Gasteiger partial charge is 0.243 e. The molecule has 1 aliphatic rings. The number of β-amino-alcohol motifs (C(OH)–C–C–N with tert-alkyl or cyclic N) is 1. The van der Waals surface area contributed by atoms with Crippen molar-refractivity contribution in [3.05, 3.63) is 77.7 Å². The minimum atomic E-state index is -0.724. The van der Waals surface area contributed by atoms with Gasteiger partial charge in [0.05, 0.1) is 18.2 Å². The largest absolute Gasteiger partial charge is 0.391 e. The molecule has 0 spiro atoms. The second-order valence-corrected chi connectivity index (χ2v) is 7.85. The van der Waals surface area contributed by atoms with Crippen LogP contribution in [0.1, 0.15) is 23.4 Å². The van der Waals surface area contributed by atoms with Crippen LogP contribution < -0.4 is 5.32 Å². The summed E-state index contributed by atoms with van der Waals surface area (Å²) in [6.45, 7) is 2.25. The number of amides is 2. The first-order valence-electron chi connectivity index (χ1n) is 10.3. The van der Waals surface area contributed by atoms with Crippen molar-refractivity contribution in [3.63, 3.8) is 0 Å². The number of aryl methyl sites for hydroxylation is 1. The molecule has 2 aromatic carbocycles. The highest BCUT2D eigenvalue weighted by Gasteiger charge is 2.38. The van der Waals surface area contributed by atoms with Crippen molar-refractivity contribution in [1.29, 1.82) is 0 Å². The number of benzene rings is 2. The van der Waals surface area contributed by atoms with Gasteiger partial charge in [0.25, 0.3) is 0 Å². The fourth-order valence-corrected chi connectivity index (χ4v) is 3.89. The van der Waals surface area contributed by atoms with Crippen molar-refractivity contribution in [1.82, 2.24) is 15.4 Å². The van der Waals surface area contributed by atoms with E-state index in [1.807, 2.05) is 54.6 Å². The predicted octanol–water partition coefficient (Wildman–Crippen LogP) is 2.47. The highest BCUT2D eigenvalue weighted by atomic mass is 16.5. The Bertz CT molecular complexity index is 1060. The molecule has 3 aromatic rings. The van der Waals surface area contributed by atoms with Crippen LogP contribution in [0.15, 0.2) is 65.2 Å². The molecular weight excluding hydrogens is 394 g/mol. The van der Waals surface area contributed by atoms with Crippen LogP contribution in [0.5, 0.6) is 0 Å². The van der Waals surface area contributed by atoms with Crippen LogP contribution in [0.25, 0.3) is 11.1 Å². The summed E-state index contributed by atoms with van der Waals surface area (Å²) in [6, 6.07) is 19.0. The number of aromatic nitrogens is 1. The third-order valence-corrected chi connectivity index (χ3v) is 5.41. The lowest BCUT2D eigenvalue weighted by Gasteiger charge is -2.23. The number of rotatable bonds is 6. The van der Waals surface area contributed by atoms with Crippen LogP contribution in [0.3, 0.4) is 0 Å². The average molecular weight is 419 g/mol. The molecule has 0 bridgehead atoms. The van der Waals surface area contributed by atoms with Gasteiger partial charge in [0, 0.05) is 25.6 Å². The standard InChI is InChI=1S/C24H25N3O4/c1-16-10-21(31-26-16)13-23(29)27-15-20(28)12-22(27)24(30)25-14-17-6-5-9-19(11-17)18-7-3-2-4-8-18/h2-11,20,22,28H,12-15H2,1H3,(H,25,30)/t20?,22-/m0/s1. The van der Waals surface area contributed by atoms with Gasteiger partial charge in [0.1, 0.15) is 11.8 Å². The number of carbonyl (C=O) groups excluding carboxylic acids is 2. The average Bonchev–Trinajstić information content (AvgIpc) is 3.38. The Labute approximate surface area is 180 Å². The lowest BCUT2D eigenvalue weighted by atomic mass is 10.0. The molecule has 4 rings (SSSR count). The molecule has 7 nitrogen and oxygen atoms in total. The van der Waals surface area contributed by atoms with Gasteiger partial charge in [-0.15, -0.1) is 0 Å². The molecule has 0 radical (unpaired) electrons. The van der Waals surface area contributed by atoms with Crippen molar-refractivity contribution in [2.24, 2.45) is 0 Å². The normalized spacial score (nSPS) is 18.2. The first-order chi connectivity index (χ1) is 15.0. The van der Waals surface area contributed by atoms with Crippen molar-refractivity contribution >= 4 is 11.8 Å². The van der Waals surface area contributed by atoms with E-state index in [1.54, 1.807) is 13.0 Å². The predicted molar refractivity (Wildman–Crippen MR) is 115 cm³/mol.